The SMILES string of the molecule is CNC(=O)c1c(C)coc1C.CNC(=O)c1c(C)coc1C. The Bertz CT molecular complexity index is 570. The number of carbonyl (C=O) groups excluding carboxylic acids is 2. The Hall–Kier alpha value is -2.50. The minimum Gasteiger partial charge on any atom is -0.469 e. The van der Waals surface area contributed by atoms with E-state index in [1.807, 2.05) is 13.8 Å². The van der Waals surface area contributed by atoms with Crippen LogP contribution in [0.2, 0.25) is 0 Å². The summed E-state index contributed by atoms with van der Waals surface area (Å²) in [7, 11) is 3.21. The average Bonchev–Trinajstić information content (AvgIpc) is 3.00. The van der Waals surface area contributed by atoms with E-state index in [-0.39, 0.29) is 11.8 Å². The van der Waals surface area contributed by atoms with Gasteiger partial charge in [0.2, 0.25) is 0 Å². The first kappa shape index (κ1) is 17.6. The molecule has 0 radical (unpaired) electrons. The summed E-state index contributed by atoms with van der Waals surface area (Å²) >= 11 is 0. The number of nitrogens with one attached hydrogen (secondary N) is 2. The van der Waals surface area contributed by atoms with Crippen molar-refractivity contribution in [1.82, 2.24) is 10.6 Å². The molecule has 6 heteroatoms. The molecule has 0 saturated carbocycles. The molecule has 6 nitrogen and oxygen atoms in total. The third kappa shape index (κ3) is 3.78. The second-order valence-corrected chi connectivity index (χ2v) is 4.86. The molecule has 2 N–H and O–H groups in total. The number of furan rings is 2. The minimum atomic E-state index is -0.0891. The molecule has 2 rings (SSSR count). The average molecular weight is 306 g/mol. The van der Waals surface area contributed by atoms with Crippen LogP contribution in [0.15, 0.2) is 21.4 Å². The fourth-order valence-corrected chi connectivity index (χ4v) is 2.07. The quantitative estimate of drug-likeness (QED) is 0.893. The Kier molecular flexibility index (Phi) is 5.98. The first-order valence-electron chi connectivity index (χ1n) is 6.87. The molecule has 2 aromatic rings. The first-order valence-corrected chi connectivity index (χ1v) is 6.87. The van der Waals surface area contributed by atoms with Gasteiger partial charge in [-0.1, -0.05) is 0 Å². The highest BCUT2D eigenvalue weighted by Gasteiger charge is 2.13. The minimum absolute atomic E-state index is 0.0891. The van der Waals surface area contributed by atoms with Gasteiger partial charge in [-0.15, -0.1) is 0 Å². The first-order chi connectivity index (χ1) is 10.3. The van der Waals surface area contributed by atoms with Gasteiger partial charge >= 0.3 is 0 Å². The van der Waals surface area contributed by atoms with Crippen LogP contribution in [0.1, 0.15) is 43.4 Å². The monoisotopic (exact) mass is 306 g/mol. The molecule has 120 valence electrons. The topological polar surface area (TPSA) is 84.5 Å². The second kappa shape index (κ2) is 7.49. The molecule has 2 amide bonds. The molecule has 0 aromatic carbocycles. The molecule has 2 aromatic heterocycles. The Morgan fingerprint density at radius 2 is 1.09 bits per heavy atom. The summed E-state index contributed by atoms with van der Waals surface area (Å²) in [5, 5.41) is 5.10. The van der Waals surface area contributed by atoms with Crippen LogP contribution < -0.4 is 10.6 Å². The predicted octanol–water partition coefficient (Wildman–Crippen LogP) is 2.51. The van der Waals surface area contributed by atoms with Gasteiger partial charge in [-0.25, -0.2) is 0 Å². The number of carbonyl (C=O) groups is 2. The summed E-state index contributed by atoms with van der Waals surface area (Å²) in [5.41, 5.74) is 3.05. The van der Waals surface area contributed by atoms with E-state index in [0.717, 1.165) is 11.1 Å². The number of aryl methyl sites for hydroxylation is 4. The Morgan fingerprint density at radius 1 is 0.773 bits per heavy atom. The summed E-state index contributed by atoms with van der Waals surface area (Å²) in [6.07, 6.45) is 3.17. The second-order valence-electron chi connectivity index (χ2n) is 4.86. The van der Waals surface area contributed by atoms with Gasteiger partial charge in [0.05, 0.1) is 23.7 Å². The maximum absolute atomic E-state index is 11.1. The molecule has 22 heavy (non-hydrogen) atoms. The summed E-state index contributed by atoms with van der Waals surface area (Å²) in [4.78, 5) is 22.3. The van der Waals surface area contributed by atoms with Gasteiger partial charge in [0.25, 0.3) is 11.8 Å². The zero-order valence-corrected chi connectivity index (χ0v) is 13.8. The van der Waals surface area contributed by atoms with Crippen LogP contribution in [0.25, 0.3) is 0 Å². The zero-order chi connectivity index (χ0) is 16.9. The third-order valence-corrected chi connectivity index (χ3v) is 3.23. The van der Waals surface area contributed by atoms with Gasteiger partial charge in [-0.3, -0.25) is 9.59 Å². The molecular weight excluding hydrogens is 284 g/mol. The lowest BCUT2D eigenvalue weighted by Gasteiger charge is -1.97. The van der Waals surface area contributed by atoms with Crippen molar-refractivity contribution in [3.8, 4) is 0 Å². The van der Waals surface area contributed by atoms with Gasteiger partial charge in [0, 0.05) is 25.2 Å². The summed E-state index contributed by atoms with van der Waals surface area (Å²) in [6, 6.07) is 0. The van der Waals surface area contributed by atoms with Crippen LogP contribution in [0.3, 0.4) is 0 Å². The standard InChI is InChI=1S/2C8H11NO2/c2*1-5-4-11-6(2)7(5)8(10)9-3/h2*4H,1-3H3,(H,9,10). The molecular formula is C16H22N2O4. The Morgan fingerprint density at radius 3 is 1.27 bits per heavy atom. The Labute approximate surface area is 129 Å². The molecule has 0 aliphatic heterocycles. The van der Waals surface area contributed by atoms with E-state index < -0.39 is 0 Å². The number of amides is 2. The van der Waals surface area contributed by atoms with Crippen molar-refractivity contribution in [2.24, 2.45) is 0 Å². The van der Waals surface area contributed by atoms with Gasteiger partial charge in [-0.2, -0.15) is 0 Å². The molecule has 0 aliphatic rings. The number of hydrogen-bond donors (Lipinski definition) is 2. The van der Waals surface area contributed by atoms with Crippen LogP contribution >= 0.6 is 0 Å². The number of hydrogen-bond acceptors (Lipinski definition) is 4. The largest absolute Gasteiger partial charge is 0.469 e. The van der Waals surface area contributed by atoms with Crippen molar-refractivity contribution in [2.45, 2.75) is 27.7 Å². The maximum Gasteiger partial charge on any atom is 0.254 e. The van der Waals surface area contributed by atoms with Crippen LogP contribution in [-0.4, -0.2) is 25.9 Å². The molecule has 0 unspecified atom stereocenters. The fraction of sp³-hybridized carbons (Fsp3) is 0.375. The van der Waals surface area contributed by atoms with Gasteiger partial charge < -0.3 is 19.5 Å². The molecule has 0 fully saturated rings. The highest BCUT2D eigenvalue weighted by molar-refractivity contribution is 5.96. The lowest BCUT2D eigenvalue weighted by Crippen LogP contribution is -2.18. The van der Waals surface area contributed by atoms with Crippen LogP contribution in [-0.2, 0) is 0 Å². The van der Waals surface area contributed by atoms with Crippen molar-refractivity contribution >= 4 is 11.8 Å². The van der Waals surface area contributed by atoms with Crippen molar-refractivity contribution in [1.29, 1.82) is 0 Å². The third-order valence-electron chi connectivity index (χ3n) is 3.23. The fourth-order valence-electron chi connectivity index (χ4n) is 2.07. The van der Waals surface area contributed by atoms with E-state index in [9.17, 15) is 9.59 Å². The van der Waals surface area contributed by atoms with Crippen molar-refractivity contribution in [3.63, 3.8) is 0 Å². The van der Waals surface area contributed by atoms with E-state index in [1.165, 1.54) is 0 Å². The van der Waals surface area contributed by atoms with Crippen LogP contribution in [0.5, 0.6) is 0 Å². The van der Waals surface area contributed by atoms with E-state index in [2.05, 4.69) is 10.6 Å². The van der Waals surface area contributed by atoms with E-state index in [1.54, 1.807) is 40.5 Å². The Balaban J connectivity index is 0.000000220. The normalized spacial score (nSPS) is 9.73. The van der Waals surface area contributed by atoms with E-state index in [4.69, 9.17) is 8.83 Å². The van der Waals surface area contributed by atoms with Crippen molar-refractivity contribution in [3.05, 3.63) is 46.3 Å². The number of rotatable bonds is 2. The van der Waals surface area contributed by atoms with E-state index >= 15 is 0 Å². The van der Waals surface area contributed by atoms with Crippen LogP contribution in [0.4, 0.5) is 0 Å². The molecule has 0 atom stereocenters. The molecule has 2 heterocycles. The molecule has 0 saturated heterocycles. The lowest BCUT2D eigenvalue weighted by atomic mass is 10.1. The van der Waals surface area contributed by atoms with Gasteiger partial charge in [-0.05, 0) is 27.7 Å². The van der Waals surface area contributed by atoms with Gasteiger partial charge in [0.1, 0.15) is 11.5 Å². The molecule has 0 bridgehead atoms. The maximum atomic E-state index is 11.1. The van der Waals surface area contributed by atoms with Crippen molar-refractivity contribution in [2.75, 3.05) is 14.1 Å². The zero-order valence-electron chi connectivity index (χ0n) is 13.8. The predicted molar refractivity (Wildman–Crippen MR) is 83.1 cm³/mol. The van der Waals surface area contributed by atoms with Crippen molar-refractivity contribution < 1.29 is 18.4 Å². The highest BCUT2D eigenvalue weighted by atomic mass is 16.3. The summed E-state index contributed by atoms with van der Waals surface area (Å²) in [5.74, 6) is 1.16. The van der Waals surface area contributed by atoms with E-state index in [0.29, 0.717) is 22.6 Å². The smallest absolute Gasteiger partial charge is 0.254 e. The van der Waals surface area contributed by atoms with Gasteiger partial charge in [0.15, 0.2) is 0 Å². The molecule has 0 spiro atoms. The highest BCUT2D eigenvalue weighted by Crippen LogP contribution is 2.15. The lowest BCUT2D eigenvalue weighted by molar-refractivity contribution is 0.0952. The summed E-state index contributed by atoms with van der Waals surface area (Å²) in [6.45, 7) is 7.25. The van der Waals surface area contributed by atoms with Crippen LogP contribution in [0, 0.1) is 27.7 Å². The summed E-state index contributed by atoms with van der Waals surface area (Å²) < 4.78 is 10.1. The molecule has 0 aliphatic carbocycles.